The van der Waals surface area contributed by atoms with E-state index in [-0.39, 0.29) is 10.4 Å². The first kappa shape index (κ1) is 15.0. The second kappa shape index (κ2) is 6.80. The van der Waals surface area contributed by atoms with Crippen molar-refractivity contribution in [2.24, 2.45) is 5.92 Å². The minimum absolute atomic E-state index is 0.288. The summed E-state index contributed by atoms with van der Waals surface area (Å²) in [6.07, 6.45) is 0. The molecule has 1 aromatic carbocycles. The molecular formula is C12H15BrF2N2O. The van der Waals surface area contributed by atoms with E-state index in [0.717, 1.165) is 18.7 Å². The summed E-state index contributed by atoms with van der Waals surface area (Å²) in [5.41, 5.74) is -0.411. The normalized spacial score (nSPS) is 12.3. The lowest BCUT2D eigenvalue weighted by molar-refractivity contribution is -0.119. The maximum Gasteiger partial charge on any atom is 0.228 e. The van der Waals surface area contributed by atoms with Crippen molar-refractivity contribution >= 4 is 27.5 Å². The number of nitrogens with one attached hydrogen (secondary N) is 2. The largest absolute Gasteiger partial charge is 0.321 e. The highest BCUT2D eigenvalue weighted by atomic mass is 79.9. The van der Waals surface area contributed by atoms with E-state index >= 15 is 0 Å². The molecule has 1 atom stereocenters. The van der Waals surface area contributed by atoms with Gasteiger partial charge < -0.3 is 10.6 Å². The lowest BCUT2D eigenvalue weighted by Gasteiger charge is -2.13. The highest BCUT2D eigenvalue weighted by Gasteiger charge is 2.17. The Morgan fingerprint density at radius 3 is 2.44 bits per heavy atom. The monoisotopic (exact) mass is 320 g/mol. The van der Waals surface area contributed by atoms with Crippen LogP contribution in [0.2, 0.25) is 0 Å². The lowest BCUT2D eigenvalue weighted by Crippen LogP contribution is -2.30. The topological polar surface area (TPSA) is 41.1 Å². The number of anilines is 1. The van der Waals surface area contributed by atoms with Crippen LogP contribution in [0.25, 0.3) is 0 Å². The first-order valence-electron chi connectivity index (χ1n) is 5.61. The van der Waals surface area contributed by atoms with Crippen LogP contribution in [0.4, 0.5) is 14.5 Å². The van der Waals surface area contributed by atoms with Gasteiger partial charge in [0.15, 0.2) is 11.6 Å². The van der Waals surface area contributed by atoms with Crippen LogP contribution in [0.5, 0.6) is 0 Å². The predicted molar refractivity (Wildman–Crippen MR) is 70.4 cm³/mol. The standard InChI is InChI=1S/C12H15BrF2N2O/c1-3-16-6-7(2)12(18)17-11-9(14)4-8(13)5-10(11)15/h4-5,7,16H,3,6H2,1-2H3,(H,17,18). The molecule has 6 heteroatoms. The molecule has 0 aliphatic heterocycles. The SMILES string of the molecule is CCNCC(C)C(=O)Nc1c(F)cc(Br)cc1F. The Morgan fingerprint density at radius 1 is 1.39 bits per heavy atom. The molecule has 1 rings (SSSR count). The van der Waals surface area contributed by atoms with Gasteiger partial charge in [0, 0.05) is 16.9 Å². The molecular weight excluding hydrogens is 306 g/mol. The molecule has 0 aromatic heterocycles. The minimum atomic E-state index is -0.800. The summed E-state index contributed by atoms with van der Waals surface area (Å²) in [4.78, 5) is 11.7. The van der Waals surface area contributed by atoms with E-state index in [9.17, 15) is 13.6 Å². The molecule has 0 aliphatic carbocycles. The summed E-state index contributed by atoms with van der Waals surface area (Å²) in [5.74, 6) is -2.39. The van der Waals surface area contributed by atoms with Gasteiger partial charge in [0.1, 0.15) is 5.69 Å². The number of halogens is 3. The lowest BCUT2D eigenvalue weighted by atomic mass is 10.1. The average molecular weight is 321 g/mol. The quantitative estimate of drug-likeness (QED) is 0.875. The Labute approximate surface area is 113 Å². The zero-order valence-electron chi connectivity index (χ0n) is 10.2. The average Bonchev–Trinajstić information content (AvgIpc) is 2.30. The van der Waals surface area contributed by atoms with Crippen molar-refractivity contribution in [3.8, 4) is 0 Å². The second-order valence-corrected chi connectivity index (χ2v) is 4.86. The van der Waals surface area contributed by atoms with Crippen LogP contribution in [-0.4, -0.2) is 19.0 Å². The van der Waals surface area contributed by atoms with Crippen LogP contribution in [0, 0.1) is 17.6 Å². The van der Waals surface area contributed by atoms with E-state index in [2.05, 4.69) is 26.6 Å². The molecule has 0 heterocycles. The number of rotatable bonds is 5. The van der Waals surface area contributed by atoms with E-state index in [4.69, 9.17) is 0 Å². The van der Waals surface area contributed by atoms with Crippen LogP contribution >= 0.6 is 15.9 Å². The van der Waals surface area contributed by atoms with Crippen LogP contribution in [-0.2, 0) is 4.79 Å². The number of hydrogen-bond donors (Lipinski definition) is 2. The molecule has 2 N–H and O–H groups in total. The Balaban J connectivity index is 2.76. The molecule has 0 saturated carbocycles. The van der Waals surface area contributed by atoms with E-state index in [1.54, 1.807) is 6.92 Å². The highest BCUT2D eigenvalue weighted by molar-refractivity contribution is 9.10. The van der Waals surface area contributed by atoms with Crippen molar-refractivity contribution in [3.63, 3.8) is 0 Å². The molecule has 18 heavy (non-hydrogen) atoms. The molecule has 0 radical (unpaired) electrons. The van der Waals surface area contributed by atoms with Crippen LogP contribution in [0.1, 0.15) is 13.8 Å². The summed E-state index contributed by atoms with van der Waals surface area (Å²) in [6, 6.07) is 2.21. The van der Waals surface area contributed by atoms with Crippen molar-refractivity contribution in [2.45, 2.75) is 13.8 Å². The van der Waals surface area contributed by atoms with E-state index in [1.165, 1.54) is 0 Å². The Kier molecular flexibility index (Phi) is 5.68. The van der Waals surface area contributed by atoms with E-state index in [0.29, 0.717) is 6.54 Å². The summed E-state index contributed by atoms with van der Waals surface area (Å²) in [7, 11) is 0. The molecule has 100 valence electrons. The summed E-state index contributed by atoms with van der Waals surface area (Å²) in [5, 5.41) is 5.26. The van der Waals surface area contributed by atoms with Crippen LogP contribution in [0.3, 0.4) is 0 Å². The zero-order chi connectivity index (χ0) is 13.7. The fourth-order valence-electron chi connectivity index (χ4n) is 1.36. The number of carbonyl (C=O) groups is 1. The molecule has 0 aliphatic rings. The first-order valence-corrected chi connectivity index (χ1v) is 6.41. The summed E-state index contributed by atoms with van der Waals surface area (Å²) < 4.78 is 27.3. The minimum Gasteiger partial charge on any atom is -0.321 e. The molecule has 0 spiro atoms. The van der Waals surface area contributed by atoms with Gasteiger partial charge in [-0.15, -0.1) is 0 Å². The fraction of sp³-hybridized carbons (Fsp3) is 0.417. The highest BCUT2D eigenvalue weighted by Crippen LogP contribution is 2.24. The van der Waals surface area contributed by atoms with E-state index in [1.807, 2.05) is 6.92 Å². The number of amides is 1. The summed E-state index contributed by atoms with van der Waals surface area (Å²) >= 11 is 2.97. The molecule has 3 nitrogen and oxygen atoms in total. The van der Waals surface area contributed by atoms with Crippen molar-refractivity contribution < 1.29 is 13.6 Å². The van der Waals surface area contributed by atoms with Crippen molar-refractivity contribution in [2.75, 3.05) is 18.4 Å². The second-order valence-electron chi connectivity index (χ2n) is 3.94. The van der Waals surface area contributed by atoms with Gasteiger partial charge >= 0.3 is 0 Å². The molecule has 1 aromatic rings. The van der Waals surface area contributed by atoms with Gasteiger partial charge in [-0.2, -0.15) is 0 Å². The van der Waals surface area contributed by atoms with Crippen molar-refractivity contribution in [3.05, 3.63) is 28.2 Å². The summed E-state index contributed by atoms with van der Waals surface area (Å²) in [6.45, 7) is 4.80. The fourth-order valence-corrected chi connectivity index (χ4v) is 1.76. The molecule has 0 bridgehead atoms. The van der Waals surface area contributed by atoms with Crippen LogP contribution in [0.15, 0.2) is 16.6 Å². The first-order chi connectivity index (χ1) is 8.45. The zero-order valence-corrected chi connectivity index (χ0v) is 11.8. The van der Waals surface area contributed by atoms with Gasteiger partial charge in [-0.05, 0) is 18.7 Å². The van der Waals surface area contributed by atoms with Gasteiger partial charge in [0.25, 0.3) is 0 Å². The molecule has 1 unspecified atom stereocenters. The maximum absolute atomic E-state index is 13.5. The van der Waals surface area contributed by atoms with Crippen LogP contribution < -0.4 is 10.6 Å². The van der Waals surface area contributed by atoms with Gasteiger partial charge in [-0.3, -0.25) is 4.79 Å². The third kappa shape index (κ3) is 4.03. The van der Waals surface area contributed by atoms with Crippen molar-refractivity contribution in [1.82, 2.24) is 5.32 Å². The van der Waals surface area contributed by atoms with Gasteiger partial charge in [-0.1, -0.05) is 29.8 Å². The number of carbonyl (C=O) groups excluding carboxylic acids is 1. The third-order valence-electron chi connectivity index (χ3n) is 2.40. The Hall–Kier alpha value is -1.01. The Bertz CT molecular complexity index is 417. The smallest absolute Gasteiger partial charge is 0.228 e. The predicted octanol–water partition coefficient (Wildman–Crippen LogP) is 2.91. The van der Waals surface area contributed by atoms with Crippen molar-refractivity contribution in [1.29, 1.82) is 0 Å². The number of hydrogen-bond acceptors (Lipinski definition) is 2. The van der Waals surface area contributed by atoms with Gasteiger partial charge in [-0.25, -0.2) is 8.78 Å². The molecule has 0 fully saturated rings. The van der Waals surface area contributed by atoms with Gasteiger partial charge in [0.05, 0.1) is 0 Å². The molecule has 1 amide bonds. The maximum atomic E-state index is 13.5. The van der Waals surface area contributed by atoms with Gasteiger partial charge in [0.2, 0.25) is 5.91 Å². The van der Waals surface area contributed by atoms with E-state index < -0.39 is 23.2 Å². The third-order valence-corrected chi connectivity index (χ3v) is 2.86. The Morgan fingerprint density at radius 2 is 1.94 bits per heavy atom. The number of benzene rings is 1. The molecule has 0 saturated heterocycles.